The quantitative estimate of drug-likeness (QED) is 0.0804. The SMILES string of the molecule is O=P(O)(O)O.O=P(O)(O)O.O=P(O)(O)O.[Al+3].[O]=[W](=[O])[O-].[O]=[W](=[O])[O-].[O]=[W](=[O])[O-]. The fourth-order valence-electron chi connectivity index (χ4n) is 0. The standard InChI is InChI=1S/Al.3H3O4P.9O.3W/c;3*1-5(2,3)4;;;;;;;;;;;;/h;3*(H3,1,2,3,4);;;;;;;;;;;;/q+3;;;;;;;;;;3*-1;;;. The van der Waals surface area contributed by atoms with Crippen molar-refractivity contribution in [2.45, 2.75) is 0 Å². The number of hydrogen-bond acceptors (Lipinski definition) is 12. The van der Waals surface area contributed by atoms with E-state index in [0.29, 0.717) is 0 Å². The minimum atomic E-state index is -4.64. The molecule has 0 aliphatic heterocycles. The molecule has 0 aromatic carbocycles. The molecule has 0 unspecified atom stereocenters. The molecule has 0 aliphatic rings. The summed E-state index contributed by atoms with van der Waals surface area (Å²) in [6.45, 7) is 0. The molecule has 0 fully saturated rings. The molecule has 0 aromatic rings. The van der Waals surface area contributed by atoms with Crippen molar-refractivity contribution in [3.8, 4) is 0 Å². The van der Waals surface area contributed by atoms with Gasteiger partial charge in [-0.3, -0.25) is 0 Å². The number of hydrogen-bond donors (Lipinski definition) is 9. The van der Waals surface area contributed by atoms with Crippen LogP contribution in [0.5, 0.6) is 0 Å². The molecule has 0 atom stereocenters. The second kappa shape index (κ2) is 26.6. The Morgan fingerprint density at radius 1 is 0.429 bits per heavy atom. The minimum absolute atomic E-state index is 0. The molecule has 0 saturated carbocycles. The number of phosphoric acid groups is 3. The first-order valence-electron chi connectivity index (χ1n) is 3.85. The zero-order valence-corrected chi connectivity index (χ0v) is 24.7. The first kappa shape index (κ1) is 47.4. The molecule has 28 heteroatoms. The van der Waals surface area contributed by atoms with E-state index in [2.05, 4.69) is 0 Å². The van der Waals surface area contributed by atoms with Gasteiger partial charge >= 0.3 is 125 Å². The molecule has 0 rings (SSSR count). The Kier molecular flexibility index (Phi) is 45.1. The first-order valence-corrected chi connectivity index (χ1v) is 19.3. The van der Waals surface area contributed by atoms with Crippen LogP contribution in [0.15, 0.2) is 0 Å². The fourth-order valence-corrected chi connectivity index (χ4v) is 0. The average molecular weight is 1020 g/mol. The Labute approximate surface area is 182 Å². The third kappa shape index (κ3) is 7560. The first-order chi connectivity index (χ1) is 11.2. The predicted octanol–water partition coefficient (Wildman–Crippen LogP) is -7.45. The zero-order chi connectivity index (χ0) is 24.2. The van der Waals surface area contributed by atoms with E-state index in [-0.39, 0.29) is 17.4 Å². The van der Waals surface area contributed by atoms with E-state index in [0.717, 1.165) is 0 Å². The molecule has 0 saturated heterocycles. The summed E-state index contributed by atoms with van der Waals surface area (Å²) in [5.41, 5.74) is 0. The summed E-state index contributed by atoms with van der Waals surface area (Å²) in [7, 11) is -13.9. The molecule has 28 heavy (non-hydrogen) atoms. The maximum atomic E-state index is 8.88. The molecule has 0 spiro atoms. The summed E-state index contributed by atoms with van der Waals surface area (Å²) in [5, 5.41) is 0. The third-order valence-corrected chi connectivity index (χ3v) is 0. The Morgan fingerprint density at radius 2 is 0.429 bits per heavy atom. The summed E-state index contributed by atoms with van der Waals surface area (Å²) >= 11 is -12.8. The van der Waals surface area contributed by atoms with E-state index < -0.39 is 76.3 Å². The molecular formula is H9AlO21P3W3. The summed E-state index contributed by atoms with van der Waals surface area (Å²) < 4.78 is 104. The molecule has 0 radical (unpaired) electrons. The predicted molar refractivity (Wildman–Crippen MR) is 52.7 cm³/mol. The second-order valence-electron chi connectivity index (χ2n) is 2.15. The van der Waals surface area contributed by atoms with Gasteiger partial charge in [0, 0.05) is 0 Å². The van der Waals surface area contributed by atoms with E-state index in [1.165, 1.54) is 0 Å². The van der Waals surface area contributed by atoms with Crippen molar-refractivity contribution in [1.29, 1.82) is 0 Å². The van der Waals surface area contributed by atoms with Gasteiger partial charge in [0.2, 0.25) is 0 Å². The van der Waals surface area contributed by atoms with Gasteiger partial charge in [0.15, 0.2) is 0 Å². The van der Waals surface area contributed by atoms with E-state index in [9.17, 15) is 0 Å². The van der Waals surface area contributed by atoms with Crippen LogP contribution in [0.3, 0.4) is 0 Å². The monoisotopic (exact) mass is 1020 g/mol. The van der Waals surface area contributed by atoms with E-state index >= 15 is 0 Å². The van der Waals surface area contributed by atoms with Crippen LogP contribution in [0.2, 0.25) is 0 Å². The molecule has 9 N–H and O–H groups in total. The average Bonchev–Trinajstić information content (AvgIpc) is 2.01. The number of rotatable bonds is 0. The summed E-state index contributed by atoms with van der Waals surface area (Å²) in [6, 6.07) is 0. The van der Waals surface area contributed by atoms with Crippen LogP contribution in [0.1, 0.15) is 0 Å². The van der Waals surface area contributed by atoms with E-state index in [1.54, 1.807) is 0 Å². The maximum absolute atomic E-state index is 8.88. The van der Waals surface area contributed by atoms with Crippen molar-refractivity contribution in [2.24, 2.45) is 0 Å². The van der Waals surface area contributed by atoms with Crippen LogP contribution < -0.4 is 11.3 Å². The summed E-state index contributed by atoms with van der Waals surface area (Å²) in [5.74, 6) is 0. The molecule has 0 amide bonds. The van der Waals surface area contributed by atoms with Crippen LogP contribution in [-0.4, -0.2) is 61.4 Å². The van der Waals surface area contributed by atoms with Gasteiger partial charge in [-0.25, -0.2) is 13.7 Å². The van der Waals surface area contributed by atoms with Gasteiger partial charge < -0.3 is 44.0 Å². The molecular weight excluding hydrogens is 1010 g/mol. The summed E-state index contributed by atoms with van der Waals surface area (Å²) in [4.78, 5) is 64.7. The van der Waals surface area contributed by atoms with E-state index in [1.807, 2.05) is 0 Å². The van der Waals surface area contributed by atoms with Gasteiger partial charge in [0.1, 0.15) is 0 Å². The van der Waals surface area contributed by atoms with Gasteiger partial charge in [-0.2, -0.15) is 0 Å². The van der Waals surface area contributed by atoms with Gasteiger partial charge in [-0.1, -0.05) is 0 Å². The van der Waals surface area contributed by atoms with E-state index in [4.69, 9.17) is 89.4 Å². The van der Waals surface area contributed by atoms with Crippen LogP contribution in [-0.2, 0) is 86.9 Å². The van der Waals surface area contributed by atoms with Crippen molar-refractivity contribution in [3.05, 3.63) is 0 Å². The Hall–Kier alpha value is 1.61. The van der Waals surface area contributed by atoms with Crippen LogP contribution in [0, 0.1) is 0 Å². The molecule has 0 bridgehead atoms. The molecule has 0 aliphatic carbocycles. The van der Waals surface area contributed by atoms with Crippen LogP contribution in [0.4, 0.5) is 0 Å². The van der Waals surface area contributed by atoms with Crippen molar-refractivity contribution in [3.63, 3.8) is 0 Å². The molecule has 0 heterocycles. The third-order valence-electron chi connectivity index (χ3n) is 0. The van der Waals surface area contributed by atoms with Gasteiger partial charge in [-0.05, 0) is 0 Å². The van der Waals surface area contributed by atoms with Crippen molar-refractivity contribution >= 4 is 40.8 Å². The Morgan fingerprint density at radius 3 is 0.429 bits per heavy atom. The van der Waals surface area contributed by atoms with Gasteiger partial charge in [0.05, 0.1) is 0 Å². The van der Waals surface area contributed by atoms with Crippen molar-refractivity contribution in [2.75, 3.05) is 0 Å². The molecule has 171 valence electrons. The van der Waals surface area contributed by atoms with Crippen molar-refractivity contribution in [1.82, 2.24) is 0 Å². The Bertz CT molecular complexity index is 532. The van der Waals surface area contributed by atoms with Gasteiger partial charge in [-0.15, -0.1) is 0 Å². The Balaban J connectivity index is -0.0000000377. The van der Waals surface area contributed by atoms with Crippen LogP contribution in [0.25, 0.3) is 0 Å². The fraction of sp³-hybridized carbons (Fsp3) is 0. The van der Waals surface area contributed by atoms with Gasteiger partial charge in [0.25, 0.3) is 0 Å². The molecule has 0 aromatic heterocycles. The zero-order valence-electron chi connectivity index (χ0n) is 12.1. The topological polar surface area (TPSA) is 405 Å². The normalized spacial score (nSPS) is 9.00. The van der Waals surface area contributed by atoms with Crippen LogP contribution >= 0.6 is 23.5 Å². The van der Waals surface area contributed by atoms with Crippen molar-refractivity contribution < 1.29 is 142 Å². The second-order valence-corrected chi connectivity index (χ2v) is 9.63. The molecule has 21 nitrogen and oxygen atoms in total. The summed E-state index contributed by atoms with van der Waals surface area (Å²) in [6.07, 6.45) is 0.